The molecule has 0 aliphatic heterocycles. The molecule has 1 fully saturated rings. The third kappa shape index (κ3) is 5.59. The molecule has 1 amide bonds. The van der Waals surface area contributed by atoms with Gasteiger partial charge in [0.05, 0.1) is 0 Å². The highest BCUT2D eigenvalue weighted by Gasteiger charge is 2.40. The average molecular weight is 498 g/mol. The first-order valence-electron chi connectivity index (χ1n) is 12.0. The van der Waals surface area contributed by atoms with E-state index in [1.54, 1.807) is 6.07 Å². The first-order chi connectivity index (χ1) is 17.5. The molecule has 4 aromatic rings. The number of nitrogens with two attached hydrogens (primary N) is 1. The molecule has 5 nitrogen and oxygen atoms in total. The van der Waals surface area contributed by atoms with E-state index in [2.05, 4.69) is 35.4 Å². The zero-order valence-electron chi connectivity index (χ0n) is 20.1. The molecule has 0 radical (unpaired) electrons. The molecule has 1 saturated carbocycles. The fourth-order valence-electron chi connectivity index (χ4n) is 4.68. The highest BCUT2D eigenvalue weighted by Crippen LogP contribution is 2.55. The summed E-state index contributed by atoms with van der Waals surface area (Å²) in [5.41, 5.74) is 14.5. The van der Waals surface area contributed by atoms with E-state index in [9.17, 15) is 4.79 Å². The van der Waals surface area contributed by atoms with Crippen LogP contribution in [0.5, 0.6) is 0 Å². The summed E-state index contributed by atoms with van der Waals surface area (Å²) in [7, 11) is 0. The third-order valence-corrected chi connectivity index (χ3v) is 6.85. The van der Waals surface area contributed by atoms with Crippen LogP contribution in [0.15, 0.2) is 85.2 Å². The van der Waals surface area contributed by atoms with Crippen molar-refractivity contribution in [2.45, 2.75) is 38.3 Å². The van der Waals surface area contributed by atoms with Crippen LogP contribution < -0.4 is 11.1 Å². The number of aromatic nitrogens is 1. The molecule has 0 saturated heterocycles. The summed E-state index contributed by atoms with van der Waals surface area (Å²) in [4.78, 5) is 16.7. The minimum atomic E-state index is -0.508. The minimum Gasteiger partial charge on any atom is -0.444 e. The van der Waals surface area contributed by atoms with E-state index in [-0.39, 0.29) is 6.61 Å². The quantitative estimate of drug-likeness (QED) is 0.283. The highest BCUT2D eigenvalue weighted by atomic mass is 35.5. The zero-order chi connectivity index (χ0) is 25.1. The number of benzene rings is 3. The highest BCUT2D eigenvalue weighted by molar-refractivity contribution is 6.31. The lowest BCUT2D eigenvalue weighted by atomic mass is 9.95. The molecule has 0 unspecified atom stereocenters. The topological polar surface area (TPSA) is 77.2 Å². The second-order valence-corrected chi connectivity index (χ2v) is 9.70. The van der Waals surface area contributed by atoms with E-state index in [1.165, 1.54) is 11.1 Å². The molecule has 3 N–H and O–H groups in total. The van der Waals surface area contributed by atoms with Crippen molar-refractivity contribution in [2.24, 2.45) is 5.73 Å². The second kappa shape index (κ2) is 10.5. The molecule has 1 aromatic heterocycles. The van der Waals surface area contributed by atoms with Crippen LogP contribution in [0.25, 0.3) is 11.1 Å². The largest absolute Gasteiger partial charge is 0.444 e. The maximum Gasteiger partial charge on any atom is 0.411 e. The van der Waals surface area contributed by atoms with Gasteiger partial charge in [0.2, 0.25) is 0 Å². The van der Waals surface area contributed by atoms with Crippen molar-refractivity contribution >= 4 is 23.4 Å². The molecule has 1 aliphatic rings. The Labute approximate surface area is 216 Å². The number of nitrogens with one attached hydrogen (secondary N) is 1. The normalized spacial score (nSPS) is 16.4. The van der Waals surface area contributed by atoms with E-state index >= 15 is 0 Å². The third-order valence-electron chi connectivity index (χ3n) is 6.63. The first-order valence-corrected chi connectivity index (χ1v) is 12.4. The van der Waals surface area contributed by atoms with Gasteiger partial charge in [0.25, 0.3) is 0 Å². The van der Waals surface area contributed by atoms with Gasteiger partial charge in [-0.05, 0) is 88.9 Å². The van der Waals surface area contributed by atoms with Crippen LogP contribution in [0, 0.1) is 6.92 Å². The lowest BCUT2D eigenvalue weighted by Crippen LogP contribution is -2.13. The van der Waals surface area contributed by atoms with E-state index in [0.717, 1.165) is 34.2 Å². The van der Waals surface area contributed by atoms with Gasteiger partial charge in [0.15, 0.2) is 0 Å². The smallest absolute Gasteiger partial charge is 0.411 e. The number of amides is 1. The Hall–Kier alpha value is -3.67. The van der Waals surface area contributed by atoms with Crippen LogP contribution in [0.2, 0.25) is 5.02 Å². The lowest BCUT2D eigenvalue weighted by Gasteiger charge is -2.12. The van der Waals surface area contributed by atoms with Gasteiger partial charge >= 0.3 is 6.09 Å². The Balaban J connectivity index is 1.32. The van der Waals surface area contributed by atoms with E-state index in [0.29, 0.717) is 29.1 Å². The fraction of sp³-hybridized carbons (Fsp3) is 0.200. The first kappa shape index (κ1) is 24.0. The summed E-state index contributed by atoms with van der Waals surface area (Å²) in [5, 5.41) is 3.40. The summed E-state index contributed by atoms with van der Waals surface area (Å²) in [6.45, 7) is 2.78. The zero-order valence-corrected chi connectivity index (χ0v) is 20.8. The van der Waals surface area contributed by atoms with Crippen molar-refractivity contribution in [3.05, 3.63) is 118 Å². The number of ether oxygens (including phenoxy) is 1. The molecule has 2 atom stereocenters. The predicted molar refractivity (Wildman–Crippen MR) is 144 cm³/mol. The molecule has 0 bridgehead atoms. The maximum absolute atomic E-state index is 12.4. The molecule has 36 heavy (non-hydrogen) atoms. The van der Waals surface area contributed by atoms with Crippen molar-refractivity contribution in [3.8, 4) is 11.1 Å². The molecule has 0 spiro atoms. The Morgan fingerprint density at radius 2 is 1.81 bits per heavy atom. The van der Waals surface area contributed by atoms with E-state index < -0.39 is 6.09 Å². The number of halogens is 1. The second-order valence-electron chi connectivity index (χ2n) is 9.27. The van der Waals surface area contributed by atoms with E-state index in [1.807, 2.05) is 60.9 Å². The molecule has 1 aliphatic carbocycles. The van der Waals surface area contributed by atoms with Gasteiger partial charge in [-0.25, -0.2) is 4.79 Å². The van der Waals surface area contributed by atoms with E-state index in [4.69, 9.17) is 22.1 Å². The average Bonchev–Trinajstić information content (AvgIpc) is 3.69. The van der Waals surface area contributed by atoms with Crippen molar-refractivity contribution in [2.75, 3.05) is 5.32 Å². The summed E-state index contributed by atoms with van der Waals surface area (Å²) in [5.74, 6) is 0.684. The Bertz CT molecular complexity index is 1390. The van der Waals surface area contributed by atoms with Crippen LogP contribution in [0.4, 0.5) is 10.5 Å². The summed E-state index contributed by atoms with van der Waals surface area (Å²) >= 11 is 6.43. The Morgan fingerprint density at radius 3 is 2.56 bits per heavy atom. The van der Waals surface area contributed by atoms with Crippen molar-refractivity contribution in [1.29, 1.82) is 0 Å². The van der Waals surface area contributed by atoms with Crippen LogP contribution in [0.1, 0.15) is 46.1 Å². The molecule has 5 rings (SSSR count). The van der Waals surface area contributed by atoms with Crippen molar-refractivity contribution in [1.82, 2.24) is 4.98 Å². The number of aryl methyl sites for hydroxylation is 1. The number of rotatable bonds is 7. The number of hydrogen-bond acceptors (Lipinski definition) is 4. The van der Waals surface area contributed by atoms with Gasteiger partial charge < -0.3 is 10.5 Å². The summed E-state index contributed by atoms with van der Waals surface area (Å²) < 4.78 is 5.36. The summed E-state index contributed by atoms with van der Waals surface area (Å²) in [6.07, 6.45) is 4.22. The molecule has 3 aromatic carbocycles. The fourth-order valence-corrected chi connectivity index (χ4v) is 4.92. The molecular weight excluding hydrogens is 470 g/mol. The monoisotopic (exact) mass is 497 g/mol. The Kier molecular flexibility index (Phi) is 7.03. The number of nitrogens with zero attached hydrogens (tertiary/aromatic N) is 1. The van der Waals surface area contributed by atoms with Crippen LogP contribution in [-0.4, -0.2) is 11.1 Å². The number of anilines is 1. The van der Waals surface area contributed by atoms with Crippen LogP contribution >= 0.6 is 11.6 Å². The standard InChI is InChI=1S/C30H28ClN3O2/c1-19-7-8-33-17-29(19)23-10-21(16-32)9-22(11-23)27-15-28(27)24-12-25(31)14-26(13-24)34-30(35)36-18-20-5-3-2-4-6-20/h2-14,17,27-28H,15-16,18,32H2,1H3,(H,34,35)/t27-,28-/m0/s1. The molecule has 182 valence electrons. The molecule has 6 heteroatoms. The number of hydrogen-bond donors (Lipinski definition) is 2. The minimum absolute atomic E-state index is 0.209. The van der Waals surface area contributed by atoms with Gasteiger partial charge in [-0.3, -0.25) is 10.3 Å². The van der Waals surface area contributed by atoms with Crippen molar-refractivity contribution < 1.29 is 9.53 Å². The van der Waals surface area contributed by atoms with Gasteiger partial charge in [-0.2, -0.15) is 0 Å². The van der Waals surface area contributed by atoms with Gasteiger partial charge in [-0.1, -0.05) is 54.1 Å². The van der Waals surface area contributed by atoms with Crippen LogP contribution in [-0.2, 0) is 17.9 Å². The lowest BCUT2D eigenvalue weighted by molar-refractivity contribution is 0.155. The predicted octanol–water partition coefficient (Wildman–Crippen LogP) is 7.19. The molecule has 1 heterocycles. The van der Waals surface area contributed by atoms with Gasteiger partial charge in [0, 0.05) is 35.2 Å². The van der Waals surface area contributed by atoms with Gasteiger partial charge in [-0.15, -0.1) is 0 Å². The van der Waals surface area contributed by atoms with Crippen LogP contribution in [0.3, 0.4) is 0 Å². The summed E-state index contributed by atoms with van der Waals surface area (Å²) in [6, 6.07) is 23.9. The van der Waals surface area contributed by atoms with Gasteiger partial charge in [0.1, 0.15) is 6.61 Å². The van der Waals surface area contributed by atoms with Crippen molar-refractivity contribution in [3.63, 3.8) is 0 Å². The number of carbonyl (C=O) groups excluding carboxylic acids is 1. The maximum atomic E-state index is 12.4. The number of carbonyl (C=O) groups is 1. The Morgan fingerprint density at radius 1 is 1.03 bits per heavy atom. The number of pyridine rings is 1. The SMILES string of the molecule is Cc1ccncc1-c1cc(CN)cc([C@@H]2C[C@H]2c2cc(Cl)cc(NC(=O)OCc3ccccc3)c2)c1. The molecular formula is C30H28ClN3O2.